The second-order valence-electron chi connectivity index (χ2n) is 9.73. The molecule has 2 atom stereocenters. The van der Waals surface area contributed by atoms with Crippen molar-refractivity contribution in [2.45, 2.75) is 38.5 Å². The summed E-state index contributed by atoms with van der Waals surface area (Å²) in [7, 11) is 0. The second kappa shape index (κ2) is 10.5. The molecule has 0 unspecified atom stereocenters. The Morgan fingerprint density at radius 2 is 1.79 bits per heavy atom. The van der Waals surface area contributed by atoms with Crippen LogP contribution in [-0.4, -0.2) is 17.3 Å². The molecule has 8 heteroatoms. The molecular formula is C31H28N4O4. The van der Waals surface area contributed by atoms with Gasteiger partial charge in [0.05, 0.1) is 35.2 Å². The van der Waals surface area contributed by atoms with E-state index in [0.29, 0.717) is 30.0 Å². The summed E-state index contributed by atoms with van der Waals surface area (Å²) in [6.07, 6.45) is 0.695. The monoisotopic (exact) mass is 520 g/mol. The lowest BCUT2D eigenvalue weighted by atomic mass is 9.71. The molecule has 1 heterocycles. The highest BCUT2D eigenvalue weighted by Crippen LogP contribution is 2.50. The molecule has 0 saturated heterocycles. The number of carbonyl (C=O) groups is 1. The highest BCUT2D eigenvalue weighted by molar-refractivity contribution is 6.02. The van der Waals surface area contributed by atoms with Gasteiger partial charge < -0.3 is 10.5 Å². The summed E-state index contributed by atoms with van der Waals surface area (Å²) in [5, 5.41) is 22.5. The van der Waals surface area contributed by atoms with Gasteiger partial charge in [0.2, 0.25) is 0 Å². The van der Waals surface area contributed by atoms with Gasteiger partial charge in [-0.05, 0) is 49.4 Å². The average Bonchev–Trinajstić information content (AvgIpc) is 2.93. The highest BCUT2D eigenvalue weighted by atomic mass is 16.6. The first-order valence-electron chi connectivity index (χ1n) is 12.8. The molecular weight excluding hydrogens is 492 g/mol. The molecule has 5 rings (SSSR count). The van der Waals surface area contributed by atoms with Gasteiger partial charge in [-0.1, -0.05) is 60.2 Å². The number of carbonyl (C=O) groups excluding carboxylic acids is 1. The van der Waals surface area contributed by atoms with E-state index >= 15 is 0 Å². The van der Waals surface area contributed by atoms with Crippen LogP contribution in [0.5, 0.6) is 5.75 Å². The number of hydrogen-bond acceptors (Lipinski definition) is 7. The maximum atomic E-state index is 14.0. The lowest BCUT2D eigenvalue weighted by Gasteiger charge is -2.41. The predicted octanol–water partition coefficient (Wildman–Crippen LogP) is 6.00. The van der Waals surface area contributed by atoms with Crippen molar-refractivity contribution in [3.8, 4) is 11.8 Å². The van der Waals surface area contributed by atoms with Gasteiger partial charge in [-0.25, -0.2) is 0 Å². The number of nitrogens with two attached hydrogens (primary N) is 1. The number of ether oxygens (including phenoxy) is 1. The van der Waals surface area contributed by atoms with Crippen LogP contribution in [-0.2, 0) is 4.79 Å². The summed E-state index contributed by atoms with van der Waals surface area (Å²) < 4.78 is 5.51. The molecule has 0 amide bonds. The number of nitro benzene ring substituents is 1. The summed E-state index contributed by atoms with van der Waals surface area (Å²) in [5.41, 5.74) is 10.7. The van der Waals surface area contributed by atoms with Crippen LogP contribution in [0.25, 0.3) is 0 Å². The lowest BCUT2D eigenvalue weighted by Crippen LogP contribution is -2.40. The van der Waals surface area contributed by atoms with E-state index in [4.69, 9.17) is 10.5 Å². The predicted molar refractivity (Wildman–Crippen MR) is 148 cm³/mol. The standard InChI is InChI=1S/C31H28N4O4/c1-3-39-23-13-14-25(26(17-23)35(37)38)34-27-15-22(20-7-5-4-6-8-20)16-28(36)30(27)29(24(18-32)31(34)33)21-11-9-19(2)10-12-21/h4-14,17,22,29H,3,15-16,33H2,1-2H3/t22-,29+/m1/s1. The molecule has 1 aliphatic heterocycles. The van der Waals surface area contributed by atoms with Crippen molar-refractivity contribution in [1.29, 1.82) is 5.26 Å². The Morgan fingerprint density at radius 3 is 2.44 bits per heavy atom. The van der Waals surface area contributed by atoms with E-state index in [1.807, 2.05) is 61.5 Å². The fourth-order valence-corrected chi connectivity index (χ4v) is 5.55. The van der Waals surface area contributed by atoms with Crippen molar-refractivity contribution in [3.05, 3.63) is 122 Å². The number of anilines is 1. The Bertz CT molecular complexity index is 1550. The van der Waals surface area contributed by atoms with Crippen molar-refractivity contribution >= 4 is 17.2 Å². The zero-order valence-electron chi connectivity index (χ0n) is 21.8. The van der Waals surface area contributed by atoms with E-state index in [1.54, 1.807) is 24.0 Å². The minimum Gasteiger partial charge on any atom is -0.494 e. The molecule has 0 fully saturated rings. The van der Waals surface area contributed by atoms with E-state index < -0.39 is 10.8 Å². The summed E-state index contributed by atoms with van der Waals surface area (Å²) in [5.74, 6) is -0.476. The van der Waals surface area contributed by atoms with Gasteiger partial charge in [0.1, 0.15) is 17.3 Å². The first kappa shape index (κ1) is 25.7. The van der Waals surface area contributed by atoms with Crippen LogP contribution in [0.3, 0.4) is 0 Å². The van der Waals surface area contributed by atoms with Gasteiger partial charge >= 0.3 is 0 Å². The normalized spacial score (nSPS) is 19.0. The second-order valence-corrected chi connectivity index (χ2v) is 9.73. The van der Waals surface area contributed by atoms with Gasteiger partial charge in [-0.15, -0.1) is 0 Å². The maximum absolute atomic E-state index is 14.0. The van der Waals surface area contributed by atoms with Crippen molar-refractivity contribution < 1.29 is 14.5 Å². The fourth-order valence-electron chi connectivity index (χ4n) is 5.55. The zero-order chi connectivity index (χ0) is 27.7. The molecule has 0 aromatic heterocycles. The zero-order valence-corrected chi connectivity index (χ0v) is 21.8. The lowest BCUT2D eigenvalue weighted by molar-refractivity contribution is -0.384. The van der Waals surface area contributed by atoms with E-state index in [2.05, 4.69) is 6.07 Å². The highest BCUT2D eigenvalue weighted by Gasteiger charge is 2.44. The number of aryl methyl sites for hydroxylation is 1. The van der Waals surface area contributed by atoms with Gasteiger partial charge in [0.25, 0.3) is 5.69 Å². The number of rotatable bonds is 6. The third kappa shape index (κ3) is 4.64. The molecule has 1 aliphatic carbocycles. The van der Waals surface area contributed by atoms with Gasteiger partial charge in [0, 0.05) is 17.7 Å². The van der Waals surface area contributed by atoms with Crippen LogP contribution >= 0.6 is 0 Å². The number of nitro groups is 1. The first-order valence-corrected chi connectivity index (χ1v) is 12.8. The van der Waals surface area contributed by atoms with Crippen molar-refractivity contribution in [1.82, 2.24) is 0 Å². The van der Waals surface area contributed by atoms with E-state index in [0.717, 1.165) is 16.7 Å². The quantitative estimate of drug-likeness (QED) is 0.312. The third-order valence-corrected chi connectivity index (χ3v) is 7.34. The van der Waals surface area contributed by atoms with Crippen molar-refractivity contribution in [2.75, 3.05) is 11.5 Å². The number of hydrogen-bond donors (Lipinski definition) is 1. The molecule has 196 valence electrons. The molecule has 0 radical (unpaired) electrons. The third-order valence-electron chi connectivity index (χ3n) is 7.34. The molecule has 2 N–H and O–H groups in total. The Balaban J connectivity index is 1.76. The fraction of sp³-hybridized carbons (Fsp3) is 0.226. The van der Waals surface area contributed by atoms with Crippen LogP contribution in [0, 0.1) is 28.4 Å². The SMILES string of the molecule is CCOc1ccc(N2C(N)=C(C#N)[C@H](c3ccc(C)cc3)C3=C2C[C@@H](c2ccccc2)CC3=O)c([N+](=O)[O-])c1. The Labute approximate surface area is 226 Å². The molecule has 8 nitrogen and oxygen atoms in total. The molecule has 3 aromatic carbocycles. The molecule has 39 heavy (non-hydrogen) atoms. The summed E-state index contributed by atoms with van der Waals surface area (Å²) >= 11 is 0. The largest absolute Gasteiger partial charge is 0.494 e. The summed E-state index contributed by atoms with van der Waals surface area (Å²) in [4.78, 5) is 27.2. The Morgan fingerprint density at radius 1 is 1.08 bits per heavy atom. The van der Waals surface area contributed by atoms with Crippen molar-refractivity contribution in [3.63, 3.8) is 0 Å². The van der Waals surface area contributed by atoms with Crippen LogP contribution < -0.4 is 15.4 Å². The number of benzene rings is 3. The number of allylic oxidation sites excluding steroid dienone is 3. The van der Waals surface area contributed by atoms with Crippen LogP contribution in [0.4, 0.5) is 11.4 Å². The van der Waals surface area contributed by atoms with Gasteiger partial charge in [-0.3, -0.25) is 19.8 Å². The number of nitrogens with zero attached hydrogens (tertiary/aromatic N) is 3. The molecule has 0 bridgehead atoms. The maximum Gasteiger partial charge on any atom is 0.296 e. The molecule has 2 aliphatic rings. The Kier molecular flexibility index (Phi) is 6.90. The van der Waals surface area contributed by atoms with Crippen molar-refractivity contribution in [2.24, 2.45) is 5.73 Å². The van der Waals surface area contributed by atoms with Crippen LogP contribution in [0.15, 0.2) is 95.5 Å². The summed E-state index contributed by atoms with van der Waals surface area (Å²) in [6, 6.07) is 24.2. The van der Waals surface area contributed by atoms with Gasteiger partial charge in [0.15, 0.2) is 5.78 Å². The topological polar surface area (TPSA) is 122 Å². The minimum absolute atomic E-state index is 0.0793. The Hall–Kier alpha value is -4.90. The van der Waals surface area contributed by atoms with E-state index in [-0.39, 0.29) is 40.9 Å². The summed E-state index contributed by atoms with van der Waals surface area (Å²) in [6.45, 7) is 4.11. The molecule has 0 saturated carbocycles. The number of Topliss-reactive ketones (excluding diaryl/α,β-unsaturated/α-hetero) is 1. The van der Waals surface area contributed by atoms with E-state index in [1.165, 1.54) is 6.07 Å². The van der Waals surface area contributed by atoms with Crippen LogP contribution in [0.2, 0.25) is 0 Å². The number of nitriles is 1. The van der Waals surface area contributed by atoms with Gasteiger partial charge in [-0.2, -0.15) is 5.26 Å². The minimum atomic E-state index is -0.659. The van der Waals surface area contributed by atoms with Crippen LogP contribution in [0.1, 0.15) is 48.3 Å². The van der Waals surface area contributed by atoms with E-state index in [9.17, 15) is 20.2 Å². The average molecular weight is 521 g/mol. The molecule has 3 aromatic rings. The number of ketones is 1. The first-order chi connectivity index (χ1) is 18.8. The smallest absolute Gasteiger partial charge is 0.296 e. The molecule has 0 spiro atoms.